The number of carboxylic acid groups (broad SMARTS) is 1. The zero-order valence-corrected chi connectivity index (χ0v) is 13.4. The summed E-state index contributed by atoms with van der Waals surface area (Å²) in [5.74, 6) is 0. The first kappa shape index (κ1) is 17.0. The largest absolute Gasteiger partial charge is 0.464 e. The third-order valence-electron chi connectivity index (χ3n) is 3.90. The van der Waals surface area contributed by atoms with Crippen LogP contribution in [-0.2, 0) is 4.79 Å². The summed E-state index contributed by atoms with van der Waals surface area (Å²) in [5, 5.41) is 12.6. The number of carbonyl (C=O) groups is 2. The van der Waals surface area contributed by atoms with E-state index in [1.54, 1.807) is 0 Å². The average Bonchev–Trinajstić information content (AvgIpc) is 2.57. The summed E-state index contributed by atoms with van der Waals surface area (Å²) < 4.78 is 0. The predicted molar refractivity (Wildman–Crippen MR) is 90.1 cm³/mol. The molecule has 5 nitrogen and oxygen atoms in total. The van der Waals surface area contributed by atoms with Gasteiger partial charge in [-0.25, -0.2) is 15.2 Å². The quantitative estimate of drug-likeness (QED) is 0.603. The van der Waals surface area contributed by atoms with Crippen LogP contribution in [0.25, 0.3) is 10.8 Å². The van der Waals surface area contributed by atoms with E-state index in [0.29, 0.717) is 12.7 Å². The van der Waals surface area contributed by atoms with Crippen LogP contribution in [0.15, 0.2) is 42.5 Å². The molecule has 23 heavy (non-hydrogen) atoms. The van der Waals surface area contributed by atoms with Gasteiger partial charge in [-0.15, -0.1) is 0 Å². The molecule has 0 fully saturated rings. The molecule has 0 bridgehead atoms. The second-order valence-electron chi connectivity index (χ2n) is 5.56. The summed E-state index contributed by atoms with van der Waals surface area (Å²) in [5.41, 5.74) is 3.96. The van der Waals surface area contributed by atoms with Crippen molar-refractivity contribution >= 4 is 23.2 Å². The van der Waals surface area contributed by atoms with Crippen molar-refractivity contribution in [3.63, 3.8) is 0 Å². The highest BCUT2D eigenvalue weighted by molar-refractivity contribution is 5.86. The van der Waals surface area contributed by atoms with Crippen LogP contribution in [0.3, 0.4) is 0 Å². The van der Waals surface area contributed by atoms with Gasteiger partial charge in [-0.3, -0.25) is 0 Å². The van der Waals surface area contributed by atoms with Gasteiger partial charge in [0.2, 0.25) is 0 Å². The first-order valence-electron chi connectivity index (χ1n) is 7.79. The van der Waals surface area contributed by atoms with Gasteiger partial charge in [0.25, 0.3) is 0 Å². The summed E-state index contributed by atoms with van der Waals surface area (Å²) >= 11 is 0. The van der Waals surface area contributed by atoms with Crippen molar-refractivity contribution in [1.82, 2.24) is 10.4 Å². The molecule has 0 radical (unpaired) electrons. The number of hydrogen-bond donors (Lipinski definition) is 2. The summed E-state index contributed by atoms with van der Waals surface area (Å²) in [6, 6.07) is 13.0. The van der Waals surface area contributed by atoms with Crippen molar-refractivity contribution in [3.05, 3.63) is 48.0 Å². The van der Waals surface area contributed by atoms with Gasteiger partial charge in [0.15, 0.2) is 0 Å². The number of aldehydes is 1. The second kappa shape index (κ2) is 7.74. The third kappa shape index (κ3) is 3.87. The Morgan fingerprint density at radius 3 is 2.61 bits per heavy atom. The van der Waals surface area contributed by atoms with E-state index in [-0.39, 0.29) is 6.04 Å². The van der Waals surface area contributed by atoms with Gasteiger partial charge in [-0.2, -0.15) is 0 Å². The molecule has 0 aromatic heterocycles. The molecule has 1 amide bonds. The molecule has 0 heterocycles. The highest BCUT2D eigenvalue weighted by atomic mass is 16.4. The van der Waals surface area contributed by atoms with Crippen LogP contribution < -0.4 is 5.43 Å². The van der Waals surface area contributed by atoms with Crippen LogP contribution in [0.1, 0.15) is 38.3 Å². The maximum Gasteiger partial charge on any atom is 0.422 e. The number of nitrogens with zero attached hydrogens (tertiary/aromatic N) is 1. The topological polar surface area (TPSA) is 69.6 Å². The first-order chi connectivity index (χ1) is 11.1. The fourth-order valence-corrected chi connectivity index (χ4v) is 2.75. The first-order valence-corrected chi connectivity index (χ1v) is 7.79. The predicted octanol–water partition coefficient (Wildman–Crippen LogP) is 3.75. The van der Waals surface area contributed by atoms with Crippen molar-refractivity contribution in [2.24, 2.45) is 0 Å². The Labute approximate surface area is 135 Å². The number of hydrogen-bond acceptors (Lipinski definition) is 3. The lowest BCUT2D eigenvalue weighted by atomic mass is 10.00. The van der Waals surface area contributed by atoms with Crippen LogP contribution in [0.4, 0.5) is 4.79 Å². The van der Waals surface area contributed by atoms with Gasteiger partial charge in [0, 0.05) is 6.04 Å². The van der Waals surface area contributed by atoms with Crippen molar-refractivity contribution < 1.29 is 14.7 Å². The van der Waals surface area contributed by atoms with Gasteiger partial charge in [-0.05, 0) is 29.7 Å². The minimum absolute atomic E-state index is 0.239. The average molecular weight is 314 g/mol. The van der Waals surface area contributed by atoms with Crippen molar-refractivity contribution in [2.45, 2.75) is 38.8 Å². The van der Waals surface area contributed by atoms with E-state index in [4.69, 9.17) is 0 Å². The molecule has 1 unspecified atom stereocenters. The Morgan fingerprint density at radius 2 is 1.96 bits per heavy atom. The number of rotatable bonds is 7. The number of benzene rings is 2. The molecular formula is C18H22N2O3. The molecule has 0 saturated carbocycles. The monoisotopic (exact) mass is 314 g/mol. The lowest BCUT2D eigenvalue weighted by Crippen LogP contribution is -2.50. The van der Waals surface area contributed by atoms with Gasteiger partial charge < -0.3 is 9.90 Å². The second-order valence-corrected chi connectivity index (χ2v) is 5.56. The summed E-state index contributed by atoms with van der Waals surface area (Å²) in [6.45, 7) is 3.82. The SMILES string of the molecule is CCCC(C=O)N(N[C@@H](C)c1cccc2ccccc12)C(=O)O. The van der Waals surface area contributed by atoms with Crippen LogP contribution in [0.5, 0.6) is 0 Å². The normalized spacial score (nSPS) is 13.5. The molecule has 122 valence electrons. The van der Waals surface area contributed by atoms with E-state index >= 15 is 0 Å². The zero-order chi connectivity index (χ0) is 16.8. The smallest absolute Gasteiger partial charge is 0.422 e. The Bertz CT molecular complexity index is 682. The Balaban J connectivity index is 2.28. The molecule has 0 aliphatic heterocycles. The van der Waals surface area contributed by atoms with E-state index in [1.165, 1.54) is 0 Å². The van der Waals surface area contributed by atoms with Crippen LogP contribution in [0.2, 0.25) is 0 Å². The van der Waals surface area contributed by atoms with E-state index in [1.807, 2.05) is 56.3 Å². The Morgan fingerprint density at radius 1 is 1.26 bits per heavy atom. The lowest BCUT2D eigenvalue weighted by molar-refractivity contribution is -0.113. The van der Waals surface area contributed by atoms with Crippen molar-refractivity contribution in [2.75, 3.05) is 0 Å². The fourth-order valence-electron chi connectivity index (χ4n) is 2.75. The maximum atomic E-state index is 11.5. The molecule has 0 aliphatic carbocycles. The zero-order valence-electron chi connectivity index (χ0n) is 13.4. The number of amides is 1. The summed E-state index contributed by atoms with van der Waals surface area (Å²) in [4.78, 5) is 22.7. The molecule has 2 aromatic carbocycles. The van der Waals surface area contributed by atoms with Crippen LogP contribution in [0, 0.1) is 0 Å². The van der Waals surface area contributed by atoms with Crippen molar-refractivity contribution in [1.29, 1.82) is 0 Å². The highest BCUT2D eigenvalue weighted by Gasteiger charge is 2.24. The van der Waals surface area contributed by atoms with Crippen LogP contribution in [-0.4, -0.2) is 28.5 Å². The van der Waals surface area contributed by atoms with Gasteiger partial charge in [0.1, 0.15) is 12.3 Å². The van der Waals surface area contributed by atoms with E-state index < -0.39 is 12.1 Å². The molecule has 0 spiro atoms. The molecule has 2 rings (SSSR count). The maximum absolute atomic E-state index is 11.5. The lowest BCUT2D eigenvalue weighted by Gasteiger charge is -2.29. The summed E-state index contributed by atoms with van der Waals surface area (Å²) in [6.07, 6.45) is 0.755. The Hall–Kier alpha value is -2.40. The summed E-state index contributed by atoms with van der Waals surface area (Å²) in [7, 11) is 0. The number of carbonyl (C=O) groups excluding carboxylic acids is 1. The molecule has 0 aliphatic rings. The Kier molecular flexibility index (Phi) is 5.71. The molecular weight excluding hydrogens is 292 g/mol. The van der Waals surface area contributed by atoms with Crippen LogP contribution >= 0.6 is 0 Å². The van der Waals surface area contributed by atoms with Crippen molar-refractivity contribution in [3.8, 4) is 0 Å². The molecule has 2 N–H and O–H groups in total. The third-order valence-corrected chi connectivity index (χ3v) is 3.90. The molecule has 2 atom stereocenters. The number of hydrazine groups is 1. The number of nitrogens with one attached hydrogen (secondary N) is 1. The standard InChI is InChI=1S/C18H22N2O3/c1-3-7-15(12-21)20(18(22)23)19-13(2)16-11-6-9-14-8-4-5-10-17(14)16/h4-6,8-13,15,19H,3,7H2,1-2H3,(H,22,23)/t13-,15?/m0/s1. The highest BCUT2D eigenvalue weighted by Crippen LogP contribution is 2.24. The van der Waals surface area contributed by atoms with E-state index in [2.05, 4.69) is 5.43 Å². The van der Waals surface area contributed by atoms with E-state index in [0.717, 1.165) is 27.8 Å². The minimum Gasteiger partial charge on any atom is -0.464 e. The van der Waals surface area contributed by atoms with Gasteiger partial charge in [-0.1, -0.05) is 55.8 Å². The number of fused-ring (bicyclic) bond motifs is 1. The van der Waals surface area contributed by atoms with Gasteiger partial charge >= 0.3 is 6.09 Å². The molecule has 5 heteroatoms. The van der Waals surface area contributed by atoms with Gasteiger partial charge in [0.05, 0.1) is 0 Å². The fraction of sp³-hybridized carbons (Fsp3) is 0.333. The van der Waals surface area contributed by atoms with E-state index in [9.17, 15) is 14.7 Å². The minimum atomic E-state index is -1.15. The molecule has 0 saturated heterocycles. The molecule has 2 aromatic rings.